The largest absolute Gasteiger partial charge is 0.355 e. The van der Waals surface area contributed by atoms with Crippen molar-refractivity contribution in [1.29, 1.82) is 0 Å². The van der Waals surface area contributed by atoms with Gasteiger partial charge in [0.05, 0.1) is 5.56 Å². The number of fused-ring (bicyclic) bond motifs is 1. The van der Waals surface area contributed by atoms with Gasteiger partial charge < -0.3 is 15.1 Å². The summed E-state index contributed by atoms with van der Waals surface area (Å²) < 4.78 is 0. The van der Waals surface area contributed by atoms with E-state index < -0.39 is 0 Å². The van der Waals surface area contributed by atoms with Crippen molar-refractivity contribution in [2.75, 3.05) is 29.4 Å². The van der Waals surface area contributed by atoms with Gasteiger partial charge in [0.1, 0.15) is 5.82 Å². The third kappa shape index (κ3) is 4.11. The number of hydrogen-bond donors (Lipinski definition) is 1. The van der Waals surface area contributed by atoms with Gasteiger partial charge >= 0.3 is 0 Å². The molecule has 0 aliphatic carbocycles. The molecule has 1 aromatic carbocycles. The Morgan fingerprint density at radius 1 is 1.14 bits per heavy atom. The molecule has 0 saturated carbocycles. The van der Waals surface area contributed by atoms with E-state index in [4.69, 9.17) is 0 Å². The summed E-state index contributed by atoms with van der Waals surface area (Å²) in [5.74, 6) is 0.933. The number of rotatable bonds is 4. The van der Waals surface area contributed by atoms with Crippen molar-refractivity contribution in [2.24, 2.45) is 5.92 Å². The van der Waals surface area contributed by atoms with E-state index >= 15 is 0 Å². The Hall–Kier alpha value is -2.89. The number of amides is 2. The van der Waals surface area contributed by atoms with Crippen LogP contribution >= 0.6 is 0 Å². The van der Waals surface area contributed by atoms with E-state index in [0.29, 0.717) is 12.1 Å². The van der Waals surface area contributed by atoms with Crippen LogP contribution in [0.25, 0.3) is 0 Å². The number of nitrogens with one attached hydrogen (secondary N) is 1. The molecule has 2 aliphatic heterocycles. The number of anilines is 2. The third-order valence-electron chi connectivity index (χ3n) is 5.74. The standard InChI is InChI=1S/C23H28N4O2/c1-16(2)22(28)25-19-7-5-12-26(15-19)21-10-9-18(14-24-21)23(29)27-13-11-17-6-3-4-8-20(17)27/h3-4,6,8-10,14,16,19H,5,7,11-13,15H2,1-2H3,(H,25,28). The predicted octanol–water partition coefficient (Wildman–Crippen LogP) is 3.03. The second-order valence-corrected chi connectivity index (χ2v) is 8.19. The minimum Gasteiger partial charge on any atom is -0.355 e. The summed E-state index contributed by atoms with van der Waals surface area (Å²) in [4.78, 5) is 33.6. The highest BCUT2D eigenvalue weighted by atomic mass is 16.2. The molecule has 1 atom stereocenters. The molecule has 1 fully saturated rings. The first-order chi connectivity index (χ1) is 14.0. The smallest absolute Gasteiger partial charge is 0.259 e. The van der Waals surface area contributed by atoms with E-state index in [2.05, 4.69) is 21.3 Å². The molecule has 2 amide bonds. The molecule has 29 heavy (non-hydrogen) atoms. The van der Waals surface area contributed by atoms with Crippen LogP contribution in [-0.4, -0.2) is 42.5 Å². The Morgan fingerprint density at radius 3 is 2.72 bits per heavy atom. The number of carbonyl (C=O) groups excluding carboxylic acids is 2. The molecule has 2 aromatic rings. The molecule has 2 aliphatic rings. The molecular formula is C23H28N4O2. The first-order valence-electron chi connectivity index (χ1n) is 10.4. The van der Waals surface area contributed by atoms with E-state index in [9.17, 15) is 9.59 Å². The maximum absolute atomic E-state index is 13.0. The average molecular weight is 393 g/mol. The van der Waals surface area contributed by atoms with Gasteiger partial charge in [0.2, 0.25) is 5.91 Å². The summed E-state index contributed by atoms with van der Waals surface area (Å²) in [6.07, 6.45) is 4.56. The lowest BCUT2D eigenvalue weighted by Gasteiger charge is -2.34. The molecule has 1 N–H and O–H groups in total. The zero-order chi connectivity index (χ0) is 20.4. The lowest BCUT2D eigenvalue weighted by atomic mass is 10.0. The monoisotopic (exact) mass is 392 g/mol. The first-order valence-corrected chi connectivity index (χ1v) is 10.4. The Kier molecular flexibility index (Phi) is 5.51. The third-order valence-corrected chi connectivity index (χ3v) is 5.74. The van der Waals surface area contributed by atoms with Crippen LogP contribution in [0, 0.1) is 5.92 Å². The van der Waals surface area contributed by atoms with Crippen LogP contribution < -0.4 is 15.1 Å². The second-order valence-electron chi connectivity index (χ2n) is 8.19. The molecule has 0 bridgehead atoms. The normalized spacial score (nSPS) is 18.7. The summed E-state index contributed by atoms with van der Waals surface area (Å²) in [6, 6.07) is 12.0. The number of hydrogen-bond acceptors (Lipinski definition) is 4. The Balaban J connectivity index is 1.43. The minimum absolute atomic E-state index is 0.00489. The van der Waals surface area contributed by atoms with Crippen LogP contribution in [0.3, 0.4) is 0 Å². The van der Waals surface area contributed by atoms with Gasteiger partial charge in [0.25, 0.3) is 5.91 Å². The number of aromatic nitrogens is 1. The Morgan fingerprint density at radius 2 is 1.97 bits per heavy atom. The molecule has 6 heteroatoms. The van der Waals surface area contributed by atoms with E-state index in [-0.39, 0.29) is 23.8 Å². The number of para-hydroxylation sites is 1. The highest BCUT2D eigenvalue weighted by Crippen LogP contribution is 2.29. The predicted molar refractivity (Wildman–Crippen MR) is 114 cm³/mol. The first kappa shape index (κ1) is 19.4. The topological polar surface area (TPSA) is 65.5 Å². The minimum atomic E-state index is -0.00971. The van der Waals surface area contributed by atoms with E-state index in [1.807, 2.05) is 49.1 Å². The molecular weight excluding hydrogens is 364 g/mol. The van der Waals surface area contributed by atoms with Crippen molar-refractivity contribution in [3.63, 3.8) is 0 Å². The number of piperidine rings is 1. The van der Waals surface area contributed by atoms with Crippen LogP contribution in [0.5, 0.6) is 0 Å². The van der Waals surface area contributed by atoms with E-state index in [1.54, 1.807) is 6.20 Å². The van der Waals surface area contributed by atoms with Crippen molar-refractivity contribution in [3.8, 4) is 0 Å². The van der Waals surface area contributed by atoms with Gasteiger partial charge in [-0.15, -0.1) is 0 Å². The zero-order valence-electron chi connectivity index (χ0n) is 17.1. The van der Waals surface area contributed by atoms with E-state index in [0.717, 1.165) is 43.9 Å². The summed E-state index contributed by atoms with van der Waals surface area (Å²) in [5, 5.41) is 3.12. The lowest BCUT2D eigenvalue weighted by molar-refractivity contribution is -0.124. The summed E-state index contributed by atoms with van der Waals surface area (Å²) in [7, 11) is 0. The quantitative estimate of drug-likeness (QED) is 0.869. The van der Waals surface area contributed by atoms with Gasteiger partial charge in [-0.3, -0.25) is 9.59 Å². The van der Waals surface area contributed by atoms with Crippen molar-refractivity contribution in [1.82, 2.24) is 10.3 Å². The van der Waals surface area contributed by atoms with Crippen molar-refractivity contribution in [2.45, 2.75) is 39.2 Å². The van der Waals surface area contributed by atoms with Gasteiger partial charge in [-0.25, -0.2) is 4.98 Å². The fourth-order valence-corrected chi connectivity index (χ4v) is 4.08. The Bertz CT molecular complexity index is 894. The molecule has 1 saturated heterocycles. The van der Waals surface area contributed by atoms with Crippen LogP contribution in [0.2, 0.25) is 0 Å². The maximum Gasteiger partial charge on any atom is 0.259 e. The average Bonchev–Trinajstić information content (AvgIpc) is 3.17. The molecule has 152 valence electrons. The molecule has 4 rings (SSSR count). The number of pyridine rings is 1. The van der Waals surface area contributed by atoms with Crippen LogP contribution in [0.15, 0.2) is 42.6 Å². The zero-order valence-corrected chi connectivity index (χ0v) is 17.1. The highest BCUT2D eigenvalue weighted by Gasteiger charge is 2.26. The van der Waals surface area contributed by atoms with Gasteiger partial charge in [0.15, 0.2) is 0 Å². The molecule has 0 radical (unpaired) electrons. The summed E-state index contributed by atoms with van der Waals surface area (Å²) in [6.45, 7) is 6.19. The van der Waals surface area contributed by atoms with Crippen LogP contribution in [0.1, 0.15) is 42.6 Å². The molecule has 0 spiro atoms. The van der Waals surface area contributed by atoms with Crippen molar-refractivity contribution in [3.05, 3.63) is 53.7 Å². The SMILES string of the molecule is CC(C)C(=O)NC1CCCN(c2ccc(C(=O)N3CCc4ccccc43)cn2)C1. The maximum atomic E-state index is 13.0. The number of nitrogens with zero attached hydrogens (tertiary/aromatic N) is 3. The highest BCUT2D eigenvalue weighted by molar-refractivity contribution is 6.07. The van der Waals surface area contributed by atoms with Crippen LogP contribution in [-0.2, 0) is 11.2 Å². The second kappa shape index (κ2) is 8.23. The van der Waals surface area contributed by atoms with Gasteiger partial charge in [-0.1, -0.05) is 32.0 Å². The van der Waals surface area contributed by atoms with Crippen LogP contribution in [0.4, 0.5) is 11.5 Å². The molecule has 3 heterocycles. The summed E-state index contributed by atoms with van der Waals surface area (Å²) >= 11 is 0. The summed E-state index contributed by atoms with van der Waals surface area (Å²) in [5.41, 5.74) is 2.82. The number of benzene rings is 1. The van der Waals surface area contributed by atoms with Gasteiger partial charge in [0, 0.05) is 43.5 Å². The van der Waals surface area contributed by atoms with Crippen molar-refractivity contribution < 1.29 is 9.59 Å². The molecule has 1 aromatic heterocycles. The van der Waals surface area contributed by atoms with Gasteiger partial charge in [-0.05, 0) is 43.0 Å². The molecule has 1 unspecified atom stereocenters. The fourth-order valence-electron chi connectivity index (χ4n) is 4.08. The van der Waals surface area contributed by atoms with E-state index in [1.165, 1.54) is 5.56 Å². The Labute approximate surface area is 171 Å². The number of carbonyl (C=O) groups is 2. The molecule has 6 nitrogen and oxygen atoms in total. The van der Waals surface area contributed by atoms with Gasteiger partial charge in [-0.2, -0.15) is 0 Å². The lowest BCUT2D eigenvalue weighted by Crippen LogP contribution is -2.49. The van der Waals surface area contributed by atoms with Crippen molar-refractivity contribution >= 4 is 23.3 Å². The fraction of sp³-hybridized carbons (Fsp3) is 0.435.